The highest BCUT2D eigenvalue weighted by Gasteiger charge is 2.56. The zero-order chi connectivity index (χ0) is 15.0. The standard InChI is InChI=1S/C16H25N3O2/c1-4-21-14-10-13(20)16(14)5-7-19(8-6-16)15-17-11(2)9-12(3)18-15/h9,13-14,20H,4-8,10H2,1-3H3. The van der Waals surface area contributed by atoms with Crippen LogP contribution < -0.4 is 4.90 Å². The lowest BCUT2D eigenvalue weighted by molar-refractivity contribution is -0.199. The highest BCUT2D eigenvalue weighted by Crippen LogP contribution is 2.51. The third-order valence-electron chi connectivity index (χ3n) is 5.06. The molecule has 2 fully saturated rings. The third-order valence-corrected chi connectivity index (χ3v) is 5.06. The molecule has 0 aromatic carbocycles. The Balaban J connectivity index is 1.70. The normalized spacial score (nSPS) is 27.7. The molecule has 1 saturated carbocycles. The highest BCUT2D eigenvalue weighted by molar-refractivity contribution is 5.33. The van der Waals surface area contributed by atoms with Gasteiger partial charge < -0.3 is 14.7 Å². The molecule has 1 aromatic rings. The Morgan fingerprint density at radius 3 is 2.43 bits per heavy atom. The smallest absolute Gasteiger partial charge is 0.225 e. The SMILES string of the molecule is CCOC1CC(O)C12CCN(c1nc(C)cc(C)n1)CC2. The van der Waals surface area contributed by atoms with E-state index in [4.69, 9.17) is 4.74 Å². The number of rotatable bonds is 3. The van der Waals surface area contributed by atoms with Crippen molar-refractivity contribution in [1.82, 2.24) is 9.97 Å². The average molecular weight is 291 g/mol. The molecule has 5 nitrogen and oxygen atoms in total. The van der Waals surface area contributed by atoms with Gasteiger partial charge >= 0.3 is 0 Å². The van der Waals surface area contributed by atoms with E-state index < -0.39 is 0 Å². The maximum atomic E-state index is 10.2. The van der Waals surface area contributed by atoms with E-state index in [-0.39, 0.29) is 17.6 Å². The van der Waals surface area contributed by atoms with E-state index in [2.05, 4.69) is 14.9 Å². The highest BCUT2D eigenvalue weighted by atomic mass is 16.5. The summed E-state index contributed by atoms with van der Waals surface area (Å²) in [5.74, 6) is 0.823. The molecule has 2 heterocycles. The van der Waals surface area contributed by atoms with Crippen LogP contribution in [0.25, 0.3) is 0 Å². The van der Waals surface area contributed by atoms with E-state index in [0.29, 0.717) is 0 Å². The number of aryl methyl sites for hydroxylation is 2. The number of hydrogen-bond acceptors (Lipinski definition) is 5. The van der Waals surface area contributed by atoms with Gasteiger partial charge in [-0.05, 0) is 39.7 Å². The number of hydrogen-bond donors (Lipinski definition) is 1. The van der Waals surface area contributed by atoms with Gasteiger partial charge in [0, 0.05) is 42.9 Å². The van der Waals surface area contributed by atoms with E-state index in [9.17, 15) is 5.11 Å². The summed E-state index contributed by atoms with van der Waals surface area (Å²) in [7, 11) is 0. The Bertz CT molecular complexity index is 490. The van der Waals surface area contributed by atoms with Gasteiger partial charge in [0.25, 0.3) is 0 Å². The van der Waals surface area contributed by atoms with E-state index in [1.807, 2.05) is 26.8 Å². The monoisotopic (exact) mass is 291 g/mol. The Morgan fingerprint density at radius 1 is 1.29 bits per heavy atom. The fourth-order valence-corrected chi connectivity index (χ4v) is 3.79. The molecular formula is C16H25N3O2. The van der Waals surface area contributed by atoms with Gasteiger partial charge in [0.05, 0.1) is 12.2 Å². The first kappa shape index (κ1) is 14.7. The van der Waals surface area contributed by atoms with Crippen molar-refractivity contribution >= 4 is 5.95 Å². The zero-order valence-corrected chi connectivity index (χ0v) is 13.2. The van der Waals surface area contributed by atoms with Crippen LogP contribution in [0.4, 0.5) is 5.95 Å². The fourth-order valence-electron chi connectivity index (χ4n) is 3.79. The Hall–Kier alpha value is -1.20. The van der Waals surface area contributed by atoms with Gasteiger partial charge in [-0.1, -0.05) is 0 Å². The molecule has 5 heteroatoms. The fraction of sp³-hybridized carbons (Fsp3) is 0.750. The predicted molar refractivity (Wildman–Crippen MR) is 81.4 cm³/mol. The minimum absolute atomic E-state index is 0.0363. The van der Waals surface area contributed by atoms with Gasteiger partial charge in [-0.2, -0.15) is 0 Å². The van der Waals surface area contributed by atoms with Crippen molar-refractivity contribution in [2.45, 2.75) is 52.2 Å². The quantitative estimate of drug-likeness (QED) is 0.921. The minimum atomic E-state index is -0.212. The molecule has 1 aliphatic heterocycles. The summed E-state index contributed by atoms with van der Waals surface area (Å²) in [6.07, 6.45) is 2.70. The molecule has 2 aliphatic rings. The van der Waals surface area contributed by atoms with Crippen molar-refractivity contribution in [3.63, 3.8) is 0 Å². The van der Waals surface area contributed by atoms with Gasteiger partial charge in [0.15, 0.2) is 0 Å². The van der Waals surface area contributed by atoms with Gasteiger partial charge in [-0.3, -0.25) is 0 Å². The zero-order valence-electron chi connectivity index (χ0n) is 13.2. The number of nitrogens with zero attached hydrogens (tertiary/aromatic N) is 3. The van der Waals surface area contributed by atoms with Gasteiger partial charge in [-0.15, -0.1) is 0 Å². The number of aromatic nitrogens is 2. The Kier molecular flexibility index (Phi) is 3.88. The topological polar surface area (TPSA) is 58.5 Å². The molecule has 2 unspecified atom stereocenters. The molecule has 21 heavy (non-hydrogen) atoms. The first-order chi connectivity index (χ1) is 10.0. The number of aliphatic hydroxyl groups excluding tert-OH is 1. The van der Waals surface area contributed by atoms with E-state index >= 15 is 0 Å². The van der Waals surface area contributed by atoms with Crippen LogP contribution in [0.1, 0.15) is 37.6 Å². The molecule has 0 radical (unpaired) electrons. The van der Waals surface area contributed by atoms with E-state index in [1.165, 1.54) is 0 Å². The molecule has 1 saturated heterocycles. The van der Waals surface area contributed by atoms with Crippen LogP contribution in [0.2, 0.25) is 0 Å². The molecule has 1 aliphatic carbocycles. The van der Waals surface area contributed by atoms with Crippen LogP contribution in [-0.2, 0) is 4.74 Å². The van der Waals surface area contributed by atoms with Crippen LogP contribution in [-0.4, -0.2) is 47.0 Å². The van der Waals surface area contributed by atoms with Gasteiger partial charge in [0.1, 0.15) is 0 Å². The molecule has 0 bridgehead atoms. The maximum Gasteiger partial charge on any atom is 0.225 e. The van der Waals surface area contributed by atoms with Crippen LogP contribution >= 0.6 is 0 Å². The van der Waals surface area contributed by atoms with Crippen LogP contribution in [0.5, 0.6) is 0 Å². The Labute approximate surface area is 126 Å². The molecule has 1 N–H and O–H groups in total. The number of anilines is 1. The van der Waals surface area contributed by atoms with Crippen molar-refractivity contribution in [1.29, 1.82) is 0 Å². The second-order valence-electron chi connectivity index (χ2n) is 6.37. The first-order valence-corrected chi connectivity index (χ1v) is 7.92. The average Bonchev–Trinajstić information content (AvgIpc) is 2.46. The van der Waals surface area contributed by atoms with Crippen molar-refractivity contribution in [3.05, 3.63) is 17.5 Å². The molecule has 3 rings (SSSR count). The maximum absolute atomic E-state index is 10.2. The summed E-state index contributed by atoms with van der Waals surface area (Å²) in [4.78, 5) is 11.3. The van der Waals surface area contributed by atoms with Crippen molar-refractivity contribution in [2.75, 3.05) is 24.6 Å². The summed E-state index contributed by atoms with van der Waals surface area (Å²) >= 11 is 0. The lowest BCUT2D eigenvalue weighted by atomic mass is 9.58. The number of aliphatic hydroxyl groups is 1. The van der Waals surface area contributed by atoms with Crippen LogP contribution in [0.3, 0.4) is 0 Å². The molecule has 0 amide bonds. The summed E-state index contributed by atoms with van der Waals surface area (Å²) in [5.41, 5.74) is 1.98. The van der Waals surface area contributed by atoms with E-state index in [1.54, 1.807) is 0 Å². The summed E-state index contributed by atoms with van der Waals surface area (Å²) < 4.78 is 5.81. The first-order valence-electron chi connectivity index (χ1n) is 7.92. The van der Waals surface area contributed by atoms with Crippen LogP contribution in [0.15, 0.2) is 6.07 Å². The summed E-state index contributed by atoms with van der Waals surface area (Å²) in [6.45, 7) is 8.54. The molecule has 1 spiro atoms. The van der Waals surface area contributed by atoms with Crippen molar-refractivity contribution in [3.8, 4) is 0 Å². The molecule has 2 atom stereocenters. The van der Waals surface area contributed by atoms with Gasteiger partial charge in [0.2, 0.25) is 5.95 Å². The summed E-state index contributed by atoms with van der Waals surface area (Å²) in [5, 5.41) is 10.2. The molecule has 1 aromatic heterocycles. The largest absolute Gasteiger partial charge is 0.392 e. The number of piperidine rings is 1. The van der Waals surface area contributed by atoms with Crippen LogP contribution in [0, 0.1) is 19.3 Å². The minimum Gasteiger partial charge on any atom is -0.392 e. The number of ether oxygens (including phenoxy) is 1. The third kappa shape index (κ3) is 2.53. The molecule has 116 valence electrons. The lowest BCUT2D eigenvalue weighted by Gasteiger charge is -2.56. The van der Waals surface area contributed by atoms with Gasteiger partial charge in [-0.25, -0.2) is 9.97 Å². The van der Waals surface area contributed by atoms with E-state index in [0.717, 1.165) is 56.3 Å². The molecular weight excluding hydrogens is 266 g/mol. The lowest BCUT2D eigenvalue weighted by Crippen LogP contribution is -2.62. The Morgan fingerprint density at radius 2 is 1.90 bits per heavy atom. The van der Waals surface area contributed by atoms with Crippen molar-refractivity contribution in [2.24, 2.45) is 5.41 Å². The summed E-state index contributed by atoms with van der Waals surface area (Å²) in [6, 6.07) is 2.00. The predicted octanol–water partition coefficient (Wildman–Crippen LogP) is 1.85. The van der Waals surface area contributed by atoms with Crippen molar-refractivity contribution < 1.29 is 9.84 Å². The second kappa shape index (κ2) is 5.54. The second-order valence-corrected chi connectivity index (χ2v) is 6.37.